The van der Waals surface area contributed by atoms with Crippen LogP contribution in [0.2, 0.25) is 0 Å². The molecule has 3 nitrogen and oxygen atoms in total. The lowest BCUT2D eigenvalue weighted by Gasteiger charge is -2.30. The second-order valence-electron chi connectivity index (χ2n) is 5.60. The monoisotopic (exact) mass is 275 g/mol. The Balaban J connectivity index is 1.55. The number of nitrogens with two attached hydrogens (primary N) is 1. The third-order valence-corrected chi connectivity index (χ3v) is 4.36. The average molecular weight is 275 g/mol. The van der Waals surface area contributed by atoms with Gasteiger partial charge in [-0.2, -0.15) is 0 Å². The summed E-state index contributed by atoms with van der Waals surface area (Å²) in [5.41, 5.74) is 11.0. The molecule has 0 saturated heterocycles. The van der Waals surface area contributed by atoms with Crippen molar-refractivity contribution < 1.29 is 0 Å². The highest BCUT2D eigenvalue weighted by atomic mass is 14.9. The molecule has 0 fully saturated rings. The first-order valence-corrected chi connectivity index (χ1v) is 7.27. The van der Waals surface area contributed by atoms with Crippen molar-refractivity contribution in [3.05, 3.63) is 66.0 Å². The van der Waals surface area contributed by atoms with E-state index in [1.165, 1.54) is 11.1 Å². The fourth-order valence-electron chi connectivity index (χ4n) is 3.12. The summed E-state index contributed by atoms with van der Waals surface area (Å²) in [5, 5.41) is 5.64. The second kappa shape index (κ2) is 4.77. The average Bonchev–Trinajstić information content (AvgIpc) is 2.50. The summed E-state index contributed by atoms with van der Waals surface area (Å²) in [6, 6.07) is 14.7. The Kier molecular flexibility index (Phi) is 2.78. The van der Waals surface area contributed by atoms with E-state index in [-0.39, 0.29) is 0 Å². The number of fused-ring (bicyclic) bond motifs is 2. The van der Waals surface area contributed by atoms with Crippen molar-refractivity contribution in [2.45, 2.75) is 12.3 Å². The number of nitrogens with zero attached hydrogens (tertiary/aromatic N) is 1. The quantitative estimate of drug-likeness (QED) is 0.718. The van der Waals surface area contributed by atoms with Crippen molar-refractivity contribution in [2.75, 3.05) is 17.6 Å². The SMILES string of the molecule is Nc1c(NCC2Cc3ccccc32)ccc2cnccc12. The van der Waals surface area contributed by atoms with Crippen molar-refractivity contribution in [1.29, 1.82) is 0 Å². The van der Waals surface area contributed by atoms with Gasteiger partial charge in [-0.3, -0.25) is 4.98 Å². The van der Waals surface area contributed by atoms with Gasteiger partial charge in [-0.25, -0.2) is 0 Å². The molecule has 1 aromatic heterocycles. The zero-order chi connectivity index (χ0) is 14.2. The van der Waals surface area contributed by atoms with Crippen molar-refractivity contribution in [3.63, 3.8) is 0 Å². The minimum Gasteiger partial charge on any atom is -0.397 e. The molecule has 3 aromatic rings. The van der Waals surface area contributed by atoms with Gasteiger partial charge in [0.2, 0.25) is 0 Å². The lowest BCUT2D eigenvalue weighted by Crippen LogP contribution is -2.24. The highest BCUT2D eigenvalue weighted by molar-refractivity contribution is 5.98. The summed E-state index contributed by atoms with van der Waals surface area (Å²) in [4.78, 5) is 4.13. The van der Waals surface area contributed by atoms with Gasteiger partial charge in [0.25, 0.3) is 0 Å². The second-order valence-corrected chi connectivity index (χ2v) is 5.60. The van der Waals surface area contributed by atoms with Gasteiger partial charge in [0.1, 0.15) is 0 Å². The lowest BCUT2D eigenvalue weighted by atomic mass is 9.77. The van der Waals surface area contributed by atoms with Crippen molar-refractivity contribution in [2.24, 2.45) is 0 Å². The van der Waals surface area contributed by atoms with Crippen LogP contribution in [0, 0.1) is 0 Å². The Morgan fingerprint density at radius 1 is 1.14 bits per heavy atom. The minimum absolute atomic E-state index is 0.591. The van der Waals surface area contributed by atoms with E-state index in [1.54, 1.807) is 6.20 Å². The van der Waals surface area contributed by atoms with E-state index < -0.39 is 0 Å². The third kappa shape index (κ3) is 2.02. The molecule has 0 radical (unpaired) electrons. The fourth-order valence-corrected chi connectivity index (χ4v) is 3.12. The summed E-state index contributed by atoms with van der Waals surface area (Å²) in [6.45, 7) is 0.928. The van der Waals surface area contributed by atoms with Crippen molar-refractivity contribution >= 4 is 22.1 Å². The van der Waals surface area contributed by atoms with Crippen LogP contribution in [0.1, 0.15) is 17.0 Å². The van der Waals surface area contributed by atoms with Crippen LogP contribution in [0.15, 0.2) is 54.9 Å². The molecule has 1 heterocycles. The number of rotatable bonds is 3. The van der Waals surface area contributed by atoms with Gasteiger partial charge in [0.05, 0.1) is 11.4 Å². The molecule has 1 aliphatic carbocycles. The molecule has 104 valence electrons. The maximum Gasteiger partial charge on any atom is 0.0630 e. The van der Waals surface area contributed by atoms with Crippen LogP contribution in [-0.4, -0.2) is 11.5 Å². The third-order valence-electron chi connectivity index (χ3n) is 4.36. The van der Waals surface area contributed by atoms with Crippen LogP contribution in [0.5, 0.6) is 0 Å². The topological polar surface area (TPSA) is 50.9 Å². The summed E-state index contributed by atoms with van der Waals surface area (Å²) in [5.74, 6) is 0.591. The maximum atomic E-state index is 6.27. The molecule has 3 heteroatoms. The number of benzene rings is 2. The normalized spacial score (nSPS) is 16.3. The molecule has 0 amide bonds. The van der Waals surface area contributed by atoms with Gasteiger partial charge in [-0.05, 0) is 29.7 Å². The first-order chi connectivity index (χ1) is 10.3. The summed E-state index contributed by atoms with van der Waals surface area (Å²) < 4.78 is 0. The van der Waals surface area contributed by atoms with Crippen molar-refractivity contribution in [3.8, 4) is 0 Å². The Hall–Kier alpha value is -2.55. The largest absolute Gasteiger partial charge is 0.397 e. The number of pyridine rings is 1. The van der Waals surface area contributed by atoms with Gasteiger partial charge in [-0.1, -0.05) is 30.3 Å². The van der Waals surface area contributed by atoms with E-state index >= 15 is 0 Å². The van der Waals surface area contributed by atoms with Crippen LogP contribution in [0.3, 0.4) is 0 Å². The van der Waals surface area contributed by atoms with Gasteiger partial charge in [-0.15, -0.1) is 0 Å². The van der Waals surface area contributed by atoms with Gasteiger partial charge in [0, 0.05) is 35.6 Å². The number of anilines is 2. The first kappa shape index (κ1) is 12.2. The first-order valence-electron chi connectivity index (χ1n) is 7.27. The van der Waals surface area contributed by atoms with Crippen LogP contribution in [0.4, 0.5) is 11.4 Å². The van der Waals surface area contributed by atoms with E-state index in [4.69, 9.17) is 5.73 Å². The highest BCUT2D eigenvalue weighted by Crippen LogP contribution is 2.35. The van der Waals surface area contributed by atoms with E-state index in [9.17, 15) is 0 Å². The number of nitrogen functional groups attached to an aromatic ring is 1. The van der Waals surface area contributed by atoms with Crippen LogP contribution in [-0.2, 0) is 6.42 Å². The molecule has 0 spiro atoms. The summed E-state index contributed by atoms with van der Waals surface area (Å²) in [7, 11) is 0. The van der Waals surface area contributed by atoms with E-state index in [0.29, 0.717) is 5.92 Å². The van der Waals surface area contributed by atoms with Gasteiger partial charge < -0.3 is 11.1 Å². The molecule has 0 bridgehead atoms. The number of aromatic nitrogens is 1. The smallest absolute Gasteiger partial charge is 0.0630 e. The Labute approximate surface area is 123 Å². The fraction of sp³-hybridized carbons (Fsp3) is 0.167. The molecule has 2 aromatic carbocycles. The molecule has 21 heavy (non-hydrogen) atoms. The number of hydrogen-bond donors (Lipinski definition) is 2. The number of hydrogen-bond acceptors (Lipinski definition) is 3. The Morgan fingerprint density at radius 3 is 2.95 bits per heavy atom. The van der Waals surface area contributed by atoms with Gasteiger partial charge in [0.15, 0.2) is 0 Å². The van der Waals surface area contributed by atoms with Gasteiger partial charge >= 0.3 is 0 Å². The zero-order valence-electron chi connectivity index (χ0n) is 11.7. The molecule has 0 aliphatic heterocycles. The standard InChI is InChI=1S/C18H17N3/c19-18-16-7-8-20-10-13(16)5-6-17(18)21-11-14-9-12-3-1-2-4-15(12)14/h1-8,10,14,21H,9,11,19H2. The predicted octanol–water partition coefficient (Wildman–Crippen LogP) is 3.57. The minimum atomic E-state index is 0.591. The Morgan fingerprint density at radius 2 is 2.05 bits per heavy atom. The van der Waals surface area contributed by atoms with Crippen LogP contribution in [0.25, 0.3) is 10.8 Å². The molecule has 4 rings (SSSR count). The molecule has 1 atom stereocenters. The molecule has 0 saturated carbocycles. The maximum absolute atomic E-state index is 6.27. The Bertz CT molecular complexity index is 810. The van der Waals surface area contributed by atoms with Crippen LogP contribution < -0.4 is 11.1 Å². The highest BCUT2D eigenvalue weighted by Gasteiger charge is 2.25. The van der Waals surface area contributed by atoms with Crippen molar-refractivity contribution in [1.82, 2.24) is 4.98 Å². The van der Waals surface area contributed by atoms with E-state index in [2.05, 4.69) is 40.6 Å². The molecule has 1 unspecified atom stereocenters. The number of nitrogens with one attached hydrogen (secondary N) is 1. The van der Waals surface area contributed by atoms with E-state index in [1.807, 2.05) is 18.3 Å². The lowest BCUT2D eigenvalue weighted by molar-refractivity contribution is 0.636. The molecule has 3 N–H and O–H groups in total. The summed E-state index contributed by atoms with van der Waals surface area (Å²) >= 11 is 0. The zero-order valence-corrected chi connectivity index (χ0v) is 11.7. The molecular formula is C18H17N3. The van der Waals surface area contributed by atoms with Crippen LogP contribution >= 0.6 is 0 Å². The van der Waals surface area contributed by atoms with E-state index in [0.717, 1.165) is 35.1 Å². The molecule has 1 aliphatic rings. The predicted molar refractivity (Wildman–Crippen MR) is 87.5 cm³/mol. The molecular weight excluding hydrogens is 258 g/mol. The summed E-state index contributed by atoms with van der Waals surface area (Å²) in [6.07, 6.45) is 4.78.